The molecule has 0 unspecified atom stereocenters. The molecule has 90 valence electrons. The molecule has 1 aromatic carbocycles. The summed E-state index contributed by atoms with van der Waals surface area (Å²) in [7, 11) is 0. The van der Waals surface area contributed by atoms with Crippen LogP contribution in [0.3, 0.4) is 0 Å². The van der Waals surface area contributed by atoms with Crippen LogP contribution in [0.1, 0.15) is 25.0 Å². The second-order valence-electron chi connectivity index (χ2n) is 4.27. The second-order valence-corrected chi connectivity index (χ2v) is 4.27. The van der Waals surface area contributed by atoms with Crippen molar-refractivity contribution >= 4 is 17.2 Å². The monoisotopic (exact) mass is 230 g/mol. The molecule has 17 heavy (non-hydrogen) atoms. The number of fused-ring (bicyclic) bond motifs is 1. The van der Waals surface area contributed by atoms with Crippen molar-refractivity contribution in [1.82, 2.24) is 4.90 Å². The number of nitrogens with one attached hydrogen (secondary N) is 1. The van der Waals surface area contributed by atoms with Crippen LogP contribution in [0.5, 0.6) is 0 Å². The third-order valence-electron chi connectivity index (χ3n) is 3.08. The summed E-state index contributed by atoms with van der Waals surface area (Å²) in [6, 6.07) is 6.06. The first-order valence-electron chi connectivity index (χ1n) is 6.04. The highest BCUT2D eigenvalue weighted by molar-refractivity contribution is 6.31. The van der Waals surface area contributed by atoms with Gasteiger partial charge in [0.05, 0.1) is 5.57 Å². The maximum atomic E-state index is 11.9. The molecular formula is C14H18N2O. The topological polar surface area (TPSA) is 32.3 Å². The Morgan fingerprint density at radius 2 is 2.00 bits per heavy atom. The van der Waals surface area contributed by atoms with Gasteiger partial charge >= 0.3 is 0 Å². The van der Waals surface area contributed by atoms with Gasteiger partial charge in [-0.3, -0.25) is 4.79 Å². The van der Waals surface area contributed by atoms with Gasteiger partial charge in [-0.15, -0.1) is 0 Å². The highest BCUT2D eigenvalue weighted by atomic mass is 16.2. The molecule has 1 aliphatic heterocycles. The molecule has 1 amide bonds. The standard InChI is InChI=1S/C14H18N2O/c1-4-16(5-2)9-12-11-7-6-10(3)8-13(11)15-14(12)17/h6-9H,4-5H2,1-3H3,(H,15,17)/b12-9+. The van der Waals surface area contributed by atoms with Crippen molar-refractivity contribution < 1.29 is 4.79 Å². The van der Waals surface area contributed by atoms with E-state index in [0.717, 1.165) is 35.5 Å². The number of carbonyl (C=O) groups is 1. The molecule has 2 rings (SSSR count). The van der Waals surface area contributed by atoms with Crippen molar-refractivity contribution in [1.29, 1.82) is 0 Å². The van der Waals surface area contributed by atoms with Gasteiger partial charge in [0.25, 0.3) is 5.91 Å². The zero-order valence-corrected chi connectivity index (χ0v) is 10.6. The second kappa shape index (κ2) is 4.62. The summed E-state index contributed by atoms with van der Waals surface area (Å²) < 4.78 is 0. The van der Waals surface area contributed by atoms with Crippen molar-refractivity contribution in [3.05, 3.63) is 35.5 Å². The third kappa shape index (κ3) is 2.18. The zero-order chi connectivity index (χ0) is 12.4. The molecule has 1 heterocycles. The van der Waals surface area contributed by atoms with Crippen LogP contribution >= 0.6 is 0 Å². The van der Waals surface area contributed by atoms with Gasteiger partial charge in [-0.05, 0) is 32.4 Å². The molecule has 0 aromatic heterocycles. The molecular weight excluding hydrogens is 212 g/mol. The Bertz CT molecular complexity index is 473. The lowest BCUT2D eigenvalue weighted by molar-refractivity contribution is -0.110. The van der Waals surface area contributed by atoms with E-state index in [-0.39, 0.29) is 5.91 Å². The first-order chi connectivity index (χ1) is 8.15. The van der Waals surface area contributed by atoms with E-state index in [0.29, 0.717) is 0 Å². The summed E-state index contributed by atoms with van der Waals surface area (Å²) in [5, 5.41) is 2.91. The average molecular weight is 230 g/mol. The normalized spacial score (nSPS) is 15.9. The Balaban J connectivity index is 2.41. The molecule has 0 aliphatic carbocycles. The van der Waals surface area contributed by atoms with E-state index in [4.69, 9.17) is 0 Å². The van der Waals surface area contributed by atoms with Crippen LogP contribution < -0.4 is 5.32 Å². The highest BCUT2D eigenvalue weighted by Crippen LogP contribution is 2.32. The minimum atomic E-state index is -0.00231. The van der Waals surface area contributed by atoms with E-state index >= 15 is 0 Å². The van der Waals surface area contributed by atoms with E-state index in [2.05, 4.69) is 24.1 Å². The van der Waals surface area contributed by atoms with Crippen LogP contribution in [0, 0.1) is 6.92 Å². The number of nitrogens with zero attached hydrogens (tertiary/aromatic N) is 1. The molecule has 0 saturated carbocycles. The summed E-state index contributed by atoms with van der Waals surface area (Å²) in [6.07, 6.45) is 1.95. The van der Waals surface area contributed by atoms with E-state index in [1.54, 1.807) is 0 Å². The van der Waals surface area contributed by atoms with Crippen LogP contribution in [0.15, 0.2) is 24.4 Å². The molecule has 1 aliphatic rings. The lowest BCUT2D eigenvalue weighted by Gasteiger charge is -2.15. The maximum Gasteiger partial charge on any atom is 0.257 e. The minimum absolute atomic E-state index is 0.00231. The minimum Gasteiger partial charge on any atom is -0.377 e. The Kier molecular flexibility index (Phi) is 3.18. The molecule has 3 heteroatoms. The molecule has 0 bridgehead atoms. The van der Waals surface area contributed by atoms with E-state index < -0.39 is 0 Å². The molecule has 0 saturated heterocycles. The highest BCUT2D eigenvalue weighted by Gasteiger charge is 2.24. The third-order valence-corrected chi connectivity index (χ3v) is 3.08. The number of hydrogen-bond acceptors (Lipinski definition) is 2. The van der Waals surface area contributed by atoms with Gasteiger partial charge in [0.1, 0.15) is 0 Å². The van der Waals surface area contributed by atoms with Crippen LogP contribution in [0.25, 0.3) is 5.57 Å². The van der Waals surface area contributed by atoms with Crippen LogP contribution in [-0.2, 0) is 4.79 Å². The number of rotatable bonds is 3. The first-order valence-corrected chi connectivity index (χ1v) is 6.04. The van der Waals surface area contributed by atoms with Gasteiger partial charge in [0.2, 0.25) is 0 Å². The van der Waals surface area contributed by atoms with Crippen LogP contribution in [0.4, 0.5) is 5.69 Å². The fourth-order valence-electron chi connectivity index (χ4n) is 2.03. The van der Waals surface area contributed by atoms with E-state index in [1.165, 1.54) is 0 Å². The molecule has 0 spiro atoms. The zero-order valence-electron chi connectivity index (χ0n) is 10.6. The maximum absolute atomic E-state index is 11.9. The van der Waals surface area contributed by atoms with Crippen LogP contribution in [-0.4, -0.2) is 23.9 Å². The van der Waals surface area contributed by atoms with Gasteiger partial charge in [-0.2, -0.15) is 0 Å². The number of benzene rings is 1. The first kappa shape index (κ1) is 11.7. The van der Waals surface area contributed by atoms with Crippen molar-refractivity contribution in [2.45, 2.75) is 20.8 Å². The Morgan fingerprint density at radius 3 is 2.65 bits per heavy atom. The quantitative estimate of drug-likeness (QED) is 0.810. The van der Waals surface area contributed by atoms with E-state index in [9.17, 15) is 4.79 Å². The molecule has 0 radical (unpaired) electrons. The predicted octanol–water partition coefficient (Wildman–Crippen LogP) is 2.63. The molecule has 1 N–H and O–H groups in total. The average Bonchev–Trinajstić information content (AvgIpc) is 2.61. The van der Waals surface area contributed by atoms with Crippen molar-refractivity contribution in [2.75, 3.05) is 18.4 Å². The lowest BCUT2D eigenvalue weighted by Crippen LogP contribution is -2.17. The van der Waals surface area contributed by atoms with Gasteiger partial charge in [0, 0.05) is 30.5 Å². The number of anilines is 1. The predicted molar refractivity (Wildman–Crippen MR) is 70.7 cm³/mol. The largest absolute Gasteiger partial charge is 0.377 e. The van der Waals surface area contributed by atoms with Crippen molar-refractivity contribution in [3.63, 3.8) is 0 Å². The Hall–Kier alpha value is -1.77. The van der Waals surface area contributed by atoms with Gasteiger partial charge in [-0.1, -0.05) is 12.1 Å². The summed E-state index contributed by atoms with van der Waals surface area (Å²) in [4.78, 5) is 14.0. The van der Waals surface area contributed by atoms with Crippen molar-refractivity contribution in [3.8, 4) is 0 Å². The number of amides is 1. The fourth-order valence-corrected chi connectivity index (χ4v) is 2.03. The smallest absolute Gasteiger partial charge is 0.257 e. The fraction of sp³-hybridized carbons (Fsp3) is 0.357. The molecule has 3 nitrogen and oxygen atoms in total. The van der Waals surface area contributed by atoms with E-state index in [1.807, 2.05) is 31.3 Å². The number of carbonyl (C=O) groups excluding carboxylic acids is 1. The summed E-state index contributed by atoms with van der Waals surface area (Å²) in [5.41, 5.74) is 3.86. The summed E-state index contributed by atoms with van der Waals surface area (Å²) >= 11 is 0. The van der Waals surface area contributed by atoms with Gasteiger partial charge in [-0.25, -0.2) is 0 Å². The summed E-state index contributed by atoms with van der Waals surface area (Å²) in [5.74, 6) is -0.00231. The lowest BCUT2D eigenvalue weighted by atomic mass is 10.1. The van der Waals surface area contributed by atoms with Gasteiger partial charge < -0.3 is 10.2 Å². The summed E-state index contributed by atoms with van der Waals surface area (Å²) in [6.45, 7) is 8.02. The molecule has 1 aromatic rings. The molecule has 0 atom stereocenters. The SMILES string of the molecule is CCN(/C=C1/C(=O)Nc2cc(C)ccc21)CC. The molecule has 0 fully saturated rings. The number of hydrogen-bond donors (Lipinski definition) is 1. The Morgan fingerprint density at radius 1 is 1.29 bits per heavy atom. The number of aryl methyl sites for hydroxylation is 1. The van der Waals surface area contributed by atoms with Crippen molar-refractivity contribution in [2.24, 2.45) is 0 Å². The van der Waals surface area contributed by atoms with Gasteiger partial charge in [0.15, 0.2) is 0 Å². The Labute approximate surface area is 102 Å². The van der Waals surface area contributed by atoms with Crippen LogP contribution in [0.2, 0.25) is 0 Å².